The first-order chi connectivity index (χ1) is 12.3. The number of aromatic nitrogens is 3. The Bertz CT molecular complexity index is 688. The van der Waals surface area contributed by atoms with Gasteiger partial charge in [-0.3, -0.25) is 9.48 Å². The average molecular weight is 359 g/mol. The number of likely N-dealkylation sites (tertiary alicyclic amines) is 1. The van der Waals surface area contributed by atoms with E-state index in [4.69, 9.17) is 5.10 Å². The molecule has 0 radical (unpaired) electrons. The number of aryl methyl sites for hydroxylation is 2. The lowest BCUT2D eigenvalue weighted by Gasteiger charge is -2.34. The van der Waals surface area contributed by atoms with Gasteiger partial charge in [-0.25, -0.2) is 4.98 Å². The summed E-state index contributed by atoms with van der Waals surface area (Å²) in [7, 11) is 0. The fourth-order valence-electron chi connectivity index (χ4n) is 3.81. The number of carbonyl (C=O) groups is 1. The lowest BCUT2D eigenvalue weighted by atomic mass is 10.0. The first kappa shape index (κ1) is 16.7. The summed E-state index contributed by atoms with van der Waals surface area (Å²) in [6, 6.07) is 2.32. The Morgan fingerprint density at radius 3 is 3.16 bits per heavy atom. The molecule has 0 bridgehead atoms. The van der Waals surface area contributed by atoms with E-state index in [0.29, 0.717) is 6.42 Å². The standard InChI is InChI=1S/C18H25N5OS/c24-17(22-9-2-1-4-16(22)18-20-8-11-25-18)6-5-14-12-15-13-19-7-3-10-23(15)21-14/h8,11-12,16,19H,1-7,9-10,13H2/t16-/m1/s1. The Hall–Kier alpha value is -1.73. The van der Waals surface area contributed by atoms with Gasteiger partial charge in [0.1, 0.15) is 5.01 Å². The van der Waals surface area contributed by atoms with Crippen LogP contribution in [0.4, 0.5) is 0 Å². The van der Waals surface area contributed by atoms with Crippen LogP contribution in [0.2, 0.25) is 0 Å². The van der Waals surface area contributed by atoms with Gasteiger partial charge in [-0.2, -0.15) is 5.10 Å². The van der Waals surface area contributed by atoms with E-state index in [2.05, 4.69) is 21.0 Å². The second-order valence-electron chi connectivity index (χ2n) is 6.85. The molecule has 0 saturated carbocycles. The van der Waals surface area contributed by atoms with Crippen molar-refractivity contribution in [1.29, 1.82) is 0 Å². The molecule has 6 nitrogen and oxygen atoms in total. The SMILES string of the molecule is O=C(CCc1cc2n(n1)CCCNC2)N1CCCC[C@@H]1c1nccs1. The van der Waals surface area contributed by atoms with Crippen molar-refractivity contribution < 1.29 is 4.79 Å². The van der Waals surface area contributed by atoms with Crippen molar-refractivity contribution in [3.63, 3.8) is 0 Å². The molecule has 134 valence electrons. The number of piperidine rings is 1. The van der Waals surface area contributed by atoms with Crippen molar-refractivity contribution in [1.82, 2.24) is 25.0 Å². The predicted molar refractivity (Wildman–Crippen MR) is 97.3 cm³/mol. The van der Waals surface area contributed by atoms with Crippen LogP contribution >= 0.6 is 11.3 Å². The number of nitrogens with one attached hydrogen (secondary N) is 1. The maximum absolute atomic E-state index is 12.8. The molecule has 1 amide bonds. The third-order valence-electron chi connectivity index (χ3n) is 5.10. The molecule has 4 rings (SSSR count). The molecule has 1 atom stereocenters. The third-order valence-corrected chi connectivity index (χ3v) is 5.97. The highest BCUT2D eigenvalue weighted by molar-refractivity contribution is 7.09. The van der Waals surface area contributed by atoms with Gasteiger partial charge in [0.15, 0.2) is 0 Å². The van der Waals surface area contributed by atoms with Gasteiger partial charge in [0.2, 0.25) is 5.91 Å². The zero-order valence-electron chi connectivity index (χ0n) is 14.5. The maximum Gasteiger partial charge on any atom is 0.223 e. The molecule has 2 aromatic heterocycles. The summed E-state index contributed by atoms with van der Waals surface area (Å²) in [4.78, 5) is 19.3. The van der Waals surface area contributed by atoms with E-state index >= 15 is 0 Å². The lowest BCUT2D eigenvalue weighted by Crippen LogP contribution is -2.38. The van der Waals surface area contributed by atoms with E-state index in [1.807, 2.05) is 16.5 Å². The van der Waals surface area contributed by atoms with Gasteiger partial charge < -0.3 is 10.2 Å². The molecule has 0 aliphatic carbocycles. The first-order valence-corrected chi connectivity index (χ1v) is 10.1. The highest BCUT2D eigenvalue weighted by Crippen LogP contribution is 2.32. The minimum Gasteiger partial charge on any atom is -0.333 e. The fourth-order valence-corrected chi connectivity index (χ4v) is 4.59. The van der Waals surface area contributed by atoms with Gasteiger partial charge in [0, 0.05) is 44.1 Å². The predicted octanol–water partition coefficient (Wildman–Crippen LogP) is 2.52. The summed E-state index contributed by atoms with van der Waals surface area (Å²) in [6.07, 6.45) is 7.50. The Kier molecular flexibility index (Phi) is 5.12. The van der Waals surface area contributed by atoms with Crippen LogP contribution in [0.1, 0.15) is 54.5 Å². The van der Waals surface area contributed by atoms with Crippen LogP contribution in [0, 0.1) is 0 Å². The molecule has 25 heavy (non-hydrogen) atoms. The number of carbonyl (C=O) groups excluding carboxylic acids is 1. The molecular formula is C18H25N5OS. The van der Waals surface area contributed by atoms with Crippen molar-refractivity contribution in [2.75, 3.05) is 13.1 Å². The van der Waals surface area contributed by atoms with Crippen molar-refractivity contribution >= 4 is 17.2 Å². The summed E-state index contributed by atoms with van der Waals surface area (Å²) in [5, 5.41) is 11.2. The van der Waals surface area contributed by atoms with Crippen molar-refractivity contribution in [3.8, 4) is 0 Å². The fraction of sp³-hybridized carbons (Fsp3) is 0.611. The number of rotatable bonds is 4. The molecular weight excluding hydrogens is 334 g/mol. The number of fused-ring (bicyclic) bond motifs is 1. The summed E-state index contributed by atoms with van der Waals surface area (Å²) >= 11 is 1.66. The van der Waals surface area contributed by atoms with E-state index in [-0.39, 0.29) is 11.9 Å². The highest BCUT2D eigenvalue weighted by Gasteiger charge is 2.29. The van der Waals surface area contributed by atoms with Gasteiger partial charge in [0.05, 0.1) is 17.4 Å². The van der Waals surface area contributed by atoms with Crippen LogP contribution in [-0.2, 0) is 24.3 Å². The summed E-state index contributed by atoms with van der Waals surface area (Å²) in [5.41, 5.74) is 2.27. The van der Waals surface area contributed by atoms with Gasteiger partial charge in [0.25, 0.3) is 0 Å². The van der Waals surface area contributed by atoms with E-state index in [0.717, 1.165) is 62.6 Å². The van der Waals surface area contributed by atoms with Gasteiger partial charge >= 0.3 is 0 Å². The molecule has 2 aromatic rings. The second-order valence-corrected chi connectivity index (χ2v) is 7.78. The summed E-state index contributed by atoms with van der Waals surface area (Å²) in [5.74, 6) is 0.237. The molecule has 2 aliphatic heterocycles. The second kappa shape index (κ2) is 7.66. The van der Waals surface area contributed by atoms with Crippen LogP contribution < -0.4 is 5.32 Å². The van der Waals surface area contributed by atoms with E-state index in [1.165, 1.54) is 12.1 Å². The van der Waals surface area contributed by atoms with Gasteiger partial charge in [-0.1, -0.05) is 0 Å². The van der Waals surface area contributed by atoms with E-state index in [1.54, 1.807) is 11.3 Å². The Morgan fingerprint density at radius 2 is 2.28 bits per heavy atom. The van der Waals surface area contributed by atoms with Crippen LogP contribution in [0.5, 0.6) is 0 Å². The van der Waals surface area contributed by atoms with Gasteiger partial charge in [-0.15, -0.1) is 11.3 Å². The Morgan fingerprint density at radius 1 is 1.32 bits per heavy atom. The van der Waals surface area contributed by atoms with E-state index in [9.17, 15) is 4.79 Å². The first-order valence-electron chi connectivity index (χ1n) is 9.26. The number of hydrogen-bond donors (Lipinski definition) is 1. The van der Waals surface area contributed by atoms with Crippen LogP contribution in [0.25, 0.3) is 0 Å². The van der Waals surface area contributed by atoms with E-state index < -0.39 is 0 Å². The largest absolute Gasteiger partial charge is 0.333 e. The normalized spacial score (nSPS) is 21.0. The minimum absolute atomic E-state index is 0.171. The van der Waals surface area contributed by atoms with Gasteiger partial charge in [-0.05, 0) is 38.3 Å². The van der Waals surface area contributed by atoms with Crippen molar-refractivity contribution in [2.45, 2.75) is 57.7 Å². The van der Waals surface area contributed by atoms with Crippen LogP contribution in [0.3, 0.4) is 0 Å². The molecule has 0 spiro atoms. The maximum atomic E-state index is 12.8. The van der Waals surface area contributed by atoms with Crippen LogP contribution in [-0.4, -0.2) is 38.7 Å². The third kappa shape index (κ3) is 3.77. The molecule has 1 saturated heterocycles. The zero-order chi connectivity index (χ0) is 17.1. The minimum atomic E-state index is 0.171. The molecule has 4 heterocycles. The smallest absolute Gasteiger partial charge is 0.223 e. The zero-order valence-corrected chi connectivity index (χ0v) is 15.3. The number of hydrogen-bond acceptors (Lipinski definition) is 5. The van der Waals surface area contributed by atoms with Crippen molar-refractivity contribution in [2.24, 2.45) is 0 Å². The summed E-state index contributed by atoms with van der Waals surface area (Å²) in [6.45, 7) is 3.74. The molecule has 2 aliphatic rings. The lowest BCUT2D eigenvalue weighted by molar-refractivity contribution is -0.135. The van der Waals surface area contributed by atoms with Crippen LogP contribution in [0.15, 0.2) is 17.6 Å². The van der Waals surface area contributed by atoms with Crippen molar-refractivity contribution in [3.05, 3.63) is 34.0 Å². The monoisotopic (exact) mass is 359 g/mol. The molecule has 1 fully saturated rings. The highest BCUT2D eigenvalue weighted by atomic mass is 32.1. The molecule has 1 N–H and O–H groups in total. The molecule has 0 unspecified atom stereocenters. The average Bonchev–Trinajstić information content (AvgIpc) is 3.26. The molecule has 7 heteroatoms. The Balaban J connectivity index is 1.39. The number of amides is 1. The number of thiazole rings is 1. The topological polar surface area (TPSA) is 63.1 Å². The molecule has 0 aromatic carbocycles. The number of nitrogens with zero attached hydrogens (tertiary/aromatic N) is 4. The quantitative estimate of drug-likeness (QED) is 0.911. The Labute approximate surface area is 152 Å². The summed E-state index contributed by atoms with van der Waals surface area (Å²) < 4.78 is 2.10.